The molecule has 1 aromatic carbocycles. The van der Waals surface area contributed by atoms with E-state index in [0.717, 1.165) is 16.2 Å². The predicted molar refractivity (Wildman–Crippen MR) is 91.6 cm³/mol. The first-order valence-electron chi connectivity index (χ1n) is 7.40. The van der Waals surface area contributed by atoms with Gasteiger partial charge in [0.1, 0.15) is 12.3 Å². The van der Waals surface area contributed by atoms with Crippen molar-refractivity contribution in [1.82, 2.24) is 9.38 Å². The molecule has 2 heterocycles. The van der Waals surface area contributed by atoms with Crippen LogP contribution in [0.1, 0.15) is 16.8 Å². The van der Waals surface area contributed by atoms with Crippen LogP contribution in [0, 0.1) is 13.8 Å². The fourth-order valence-electron chi connectivity index (χ4n) is 2.35. The average Bonchev–Trinajstić information content (AvgIpc) is 2.95. The van der Waals surface area contributed by atoms with Gasteiger partial charge in [-0.25, -0.2) is 4.98 Å². The number of ether oxygens (including phenoxy) is 1. The number of nitrogens with zero attached hydrogens (tertiary/aromatic N) is 2. The molecule has 0 unspecified atom stereocenters. The van der Waals surface area contributed by atoms with Crippen molar-refractivity contribution in [2.75, 3.05) is 5.75 Å². The molecule has 0 N–H and O–H groups in total. The lowest BCUT2D eigenvalue weighted by Crippen LogP contribution is -2.07. The molecule has 0 aliphatic carbocycles. The molecular weight excluding hydrogens is 308 g/mol. The van der Waals surface area contributed by atoms with Gasteiger partial charge in [-0.05, 0) is 37.6 Å². The second-order valence-electron chi connectivity index (χ2n) is 5.42. The summed E-state index contributed by atoms with van der Waals surface area (Å²) in [6, 6.07) is 12.0. The fraction of sp³-hybridized carbons (Fsp3) is 0.222. The highest BCUT2D eigenvalue weighted by Crippen LogP contribution is 2.23. The number of aromatic nitrogens is 2. The van der Waals surface area contributed by atoms with Gasteiger partial charge in [-0.1, -0.05) is 23.8 Å². The van der Waals surface area contributed by atoms with Crippen LogP contribution in [0.3, 0.4) is 0 Å². The number of benzene rings is 1. The Bertz CT molecular complexity index is 809. The van der Waals surface area contributed by atoms with Gasteiger partial charge in [0.05, 0.1) is 11.4 Å². The zero-order valence-corrected chi connectivity index (χ0v) is 14.0. The summed E-state index contributed by atoms with van der Waals surface area (Å²) in [6.45, 7) is 4.32. The van der Waals surface area contributed by atoms with Gasteiger partial charge in [0.2, 0.25) is 0 Å². The van der Waals surface area contributed by atoms with E-state index in [9.17, 15) is 4.79 Å². The van der Waals surface area contributed by atoms with E-state index in [2.05, 4.69) is 31.0 Å². The smallest absolute Gasteiger partial charge is 0.316 e. The molecule has 5 heteroatoms. The van der Waals surface area contributed by atoms with E-state index in [1.165, 1.54) is 22.9 Å². The van der Waals surface area contributed by atoms with Crippen LogP contribution in [0.2, 0.25) is 0 Å². The highest BCUT2D eigenvalue weighted by Gasteiger charge is 2.08. The minimum atomic E-state index is -0.230. The van der Waals surface area contributed by atoms with E-state index in [1.807, 2.05) is 41.1 Å². The molecule has 3 aromatic rings. The van der Waals surface area contributed by atoms with Crippen molar-refractivity contribution in [3.63, 3.8) is 0 Å². The van der Waals surface area contributed by atoms with E-state index < -0.39 is 0 Å². The Morgan fingerprint density at radius 3 is 2.91 bits per heavy atom. The maximum Gasteiger partial charge on any atom is 0.316 e. The van der Waals surface area contributed by atoms with Crippen LogP contribution in [0.5, 0.6) is 0 Å². The Morgan fingerprint density at radius 1 is 1.26 bits per heavy atom. The van der Waals surface area contributed by atoms with Crippen molar-refractivity contribution >= 4 is 23.4 Å². The lowest BCUT2D eigenvalue weighted by Gasteiger charge is -2.06. The number of pyridine rings is 1. The van der Waals surface area contributed by atoms with Crippen LogP contribution in [0.25, 0.3) is 5.65 Å². The lowest BCUT2D eigenvalue weighted by molar-refractivity contribution is -0.141. The molecule has 0 saturated heterocycles. The van der Waals surface area contributed by atoms with E-state index in [-0.39, 0.29) is 12.6 Å². The molecule has 0 bridgehead atoms. The fourth-order valence-corrected chi connectivity index (χ4v) is 3.16. The number of esters is 1. The summed E-state index contributed by atoms with van der Waals surface area (Å²) >= 11 is 1.50. The Hall–Kier alpha value is -2.27. The van der Waals surface area contributed by atoms with Crippen LogP contribution >= 0.6 is 11.8 Å². The summed E-state index contributed by atoms with van der Waals surface area (Å²) < 4.78 is 7.22. The molecule has 3 rings (SSSR count). The molecule has 0 spiro atoms. The van der Waals surface area contributed by atoms with Gasteiger partial charge < -0.3 is 9.14 Å². The average molecular weight is 326 g/mol. The third-order valence-corrected chi connectivity index (χ3v) is 4.62. The van der Waals surface area contributed by atoms with Gasteiger partial charge in [-0.2, -0.15) is 0 Å². The first-order chi connectivity index (χ1) is 11.1. The summed E-state index contributed by atoms with van der Waals surface area (Å²) in [7, 11) is 0. The van der Waals surface area contributed by atoms with Crippen molar-refractivity contribution in [2.45, 2.75) is 25.3 Å². The molecule has 4 nitrogen and oxygen atoms in total. The van der Waals surface area contributed by atoms with Gasteiger partial charge in [-0.15, -0.1) is 11.8 Å². The highest BCUT2D eigenvalue weighted by atomic mass is 32.2. The molecule has 0 amide bonds. The Kier molecular flexibility index (Phi) is 4.67. The zero-order valence-electron chi connectivity index (χ0n) is 13.2. The van der Waals surface area contributed by atoms with Crippen LogP contribution in [-0.4, -0.2) is 21.1 Å². The number of thioether (sulfide) groups is 1. The first kappa shape index (κ1) is 15.6. The van der Waals surface area contributed by atoms with Crippen LogP contribution in [0.15, 0.2) is 53.7 Å². The van der Waals surface area contributed by atoms with Crippen molar-refractivity contribution in [2.24, 2.45) is 0 Å². The number of hydrogen-bond acceptors (Lipinski definition) is 4. The standard InChI is InChI=1S/C18H18N2O2S/c1-13-6-7-16(14(2)9-13)23-12-18(21)22-11-15-10-20-8-4-3-5-17(20)19-15/h3-10H,11-12H2,1-2H3. The molecule has 118 valence electrons. The molecule has 0 fully saturated rings. The van der Waals surface area contributed by atoms with Crippen LogP contribution in [-0.2, 0) is 16.1 Å². The molecule has 0 saturated carbocycles. The number of fused-ring (bicyclic) bond motifs is 1. The minimum Gasteiger partial charge on any atom is -0.458 e. The number of carbonyl (C=O) groups excluding carboxylic acids is 1. The number of aryl methyl sites for hydroxylation is 2. The maximum atomic E-state index is 11.9. The second kappa shape index (κ2) is 6.87. The van der Waals surface area contributed by atoms with Crippen LogP contribution in [0.4, 0.5) is 0 Å². The zero-order chi connectivity index (χ0) is 16.2. The van der Waals surface area contributed by atoms with E-state index in [1.54, 1.807) is 0 Å². The van der Waals surface area contributed by atoms with E-state index in [4.69, 9.17) is 4.74 Å². The van der Waals surface area contributed by atoms with Gasteiger partial charge >= 0.3 is 5.97 Å². The maximum absolute atomic E-state index is 11.9. The van der Waals surface area contributed by atoms with Crippen molar-refractivity contribution in [3.8, 4) is 0 Å². The largest absolute Gasteiger partial charge is 0.458 e. The molecule has 23 heavy (non-hydrogen) atoms. The second-order valence-corrected chi connectivity index (χ2v) is 6.43. The summed E-state index contributed by atoms with van der Waals surface area (Å²) in [4.78, 5) is 17.4. The monoisotopic (exact) mass is 326 g/mol. The molecule has 0 radical (unpaired) electrons. The summed E-state index contributed by atoms with van der Waals surface area (Å²) in [5, 5.41) is 0. The number of imidazole rings is 1. The third kappa shape index (κ3) is 3.93. The van der Waals surface area contributed by atoms with Crippen molar-refractivity contribution in [1.29, 1.82) is 0 Å². The van der Waals surface area contributed by atoms with Gasteiger partial charge in [0.25, 0.3) is 0 Å². The van der Waals surface area contributed by atoms with Gasteiger partial charge in [0, 0.05) is 17.3 Å². The summed E-state index contributed by atoms with van der Waals surface area (Å²) in [5.74, 6) is 0.0732. The van der Waals surface area contributed by atoms with Gasteiger partial charge in [0.15, 0.2) is 0 Å². The van der Waals surface area contributed by atoms with Crippen molar-refractivity contribution in [3.05, 3.63) is 65.6 Å². The minimum absolute atomic E-state index is 0.202. The molecule has 0 aliphatic rings. The molecular formula is C18H18N2O2S. The topological polar surface area (TPSA) is 43.6 Å². The summed E-state index contributed by atoms with van der Waals surface area (Å²) in [5.41, 5.74) is 4.01. The van der Waals surface area contributed by atoms with E-state index in [0.29, 0.717) is 5.75 Å². The quantitative estimate of drug-likeness (QED) is 0.528. The Balaban J connectivity index is 1.53. The number of carbonyl (C=O) groups is 1. The molecule has 0 atom stereocenters. The normalized spacial score (nSPS) is 10.9. The van der Waals surface area contributed by atoms with Gasteiger partial charge in [-0.3, -0.25) is 4.79 Å². The first-order valence-corrected chi connectivity index (χ1v) is 8.39. The molecule has 0 aliphatic heterocycles. The number of hydrogen-bond donors (Lipinski definition) is 0. The Labute approximate surface area is 139 Å². The Morgan fingerprint density at radius 2 is 2.13 bits per heavy atom. The van der Waals surface area contributed by atoms with Crippen molar-refractivity contribution < 1.29 is 9.53 Å². The molecule has 2 aromatic heterocycles. The number of rotatable bonds is 5. The third-order valence-electron chi connectivity index (χ3n) is 3.47. The summed E-state index contributed by atoms with van der Waals surface area (Å²) in [6.07, 6.45) is 3.80. The lowest BCUT2D eigenvalue weighted by atomic mass is 10.2. The predicted octanol–water partition coefficient (Wildman–Crippen LogP) is 3.79. The van der Waals surface area contributed by atoms with Crippen LogP contribution < -0.4 is 0 Å². The van der Waals surface area contributed by atoms with E-state index >= 15 is 0 Å². The highest BCUT2D eigenvalue weighted by molar-refractivity contribution is 8.00. The SMILES string of the molecule is Cc1ccc(SCC(=O)OCc2cn3ccccc3n2)c(C)c1.